The third-order valence-corrected chi connectivity index (χ3v) is 4.11. The van der Waals surface area contributed by atoms with Gasteiger partial charge < -0.3 is 10.6 Å². The van der Waals surface area contributed by atoms with Gasteiger partial charge in [0, 0.05) is 37.0 Å². The number of nitrogens with zero attached hydrogens (tertiary/aromatic N) is 2. The van der Waals surface area contributed by atoms with E-state index >= 15 is 0 Å². The second-order valence-corrected chi connectivity index (χ2v) is 6.05. The number of rotatable bonds is 4. The lowest BCUT2D eigenvalue weighted by atomic mass is 9.94. The number of hydrogen-bond acceptors (Lipinski definition) is 4. The number of hydrogen-bond donors (Lipinski definition) is 1. The molecule has 1 aliphatic rings. The maximum absolute atomic E-state index is 12.8. The third kappa shape index (κ3) is 4.34. The molecule has 0 radical (unpaired) electrons. The van der Waals surface area contributed by atoms with Crippen LogP contribution in [-0.2, 0) is 6.42 Å². The summed E-state index contributed by atoms with van der Waals surface area (Å²) in [6.07, 6.45) is -3.64. The second-order valence-electron chi connectivity index (χ2n) is 6.05. The van der Waals surface area contributed by atoms with Crippen molar-refractivity contribution in [2.45, 2.75) is 38.4 Å². The normalized spacial score (nSPS) is 18.0. The lowest BCUT2D eigenvalue weighted by Crippen LogP contribution is -2.39. The predicted molar refractivity (Wildman–Crippen MR) is 81.4 cm³/mol. The van der Waals surface area contributed by atoms with Crippen LogP contribution < -0.4 is 10.6 Å². The zero-order chi connectivity index (χ0) is 17.2. The Balaban J connectivity index is 2.20. The summed E-state index contributed by atoms with van der Waals surface area (Å²) in [5.74, 6) is -1.27. The van der Waals surface area contributed by atoms with E-state index in [1.54, 1.807) is 13.0 Å². The molecule has 1 aromatic carbocycles. The van der Waals surface area contributed by atoms with E-state index in [0.717, 1.165) is 5.69 Å². The Bertz CT molecular complexity index is 568. The molecule has 2 N–H and O–H groups in total. The Kier molecular flexibility index (Phi) is 5.13. The molecule has 5 nitrogen and oxygen atoms in total. The van der Waals surface area contributed by atoms with Gasteiger partial charge in [0.1, 0.15) is 0 Å². The van der Waals surface area contributed by atoms with E-state index in [0.29, 0.717) is 12.0 Å². The van der Waals surface area contributed by atoms with E-state index < -0.39 is 17.0 Å². The SMILES string of the molecule is CC(N)Cc1cc([N+](=O)[O-])ccc1N1CCC(C(F)(F)F)CC1. The second kappa shape index (κ2) is 6.74. The molecule has 2 rings (SSSR count). The Morgan fingerprint density at radius 2 is 2.00 bits per heavy atom. The van der Waals surface area contributed by atoms with Crippen LogP contribution in [0.4, 0.5) is 24.5 Å². The number of non-ortho nitro benzene ring substituents is 1. The fourth-order valence-corrected chi connectivity index (χ4v) is 2.95. The van der Waals surface area contributed by atoms with Crippen LogP contribution in [0.15, 0.2) is 18.2 Å². The molecule has 0 aromatic heterocycles. The minimum Gasteiger partial charge on any atom is -0.371 e. The number of anilines is 1. The molecule has 1 aliphatic heterocycles. The van der Waals surface area contributed by atoms with Crippen molar-refractivity contribution in [1.29, 1.82) is 0 Å². The highest BCUT2D eigenvalue weighted by Gasteiger charge is 2.41. The number of nitrogens with two attached hydrogens (primary N) is 1. The molecule has 128 valence electrons. The monoisotopic (exact) mass is 331 g/mol. The van der Waals surface area contributed by atoms with Crippen LogP contribution in [-0.4, -0.2) is 30.2 Å². The van der Waals surface area contributed by atoms with Crippen molar-refractivity contribution < 1.29 is 18.1 Å². The quantitative estimate of drug-likeness (QED) is 0.679. The first-order chi connectivity index (χ1) is 10.7. The van der Waals surface area contributed by atoms with Crippen LogP contribution in [0, 0.1) is 16.0 Å². The number of nitro benzene ring substituents is 1. The van der Waals surface area contributed by atoms with Gasteiger partial charge in [0.2, 0.25) is 0 Å². The first-order valence-electron chi connectivity index (χ1n) is 7.53. The van der Waals surface area contributed by atoms with Gasteiger partial charge in [-0.2, -0.15) is 13.2 Å². The molecule has 1 fully saturated rings. The summed E-state index contributed by atoms with van der Waals surface area (Å²) in [6.45, 7) is 2.36. The smallest absolute Gasteiger partial charge is 0.371 e. The fraction of sp³-hybridized carbons (Fsp3) is 0.600. The van der Waals surface area contributed by atoms with Crippen LogP contribution in [0.5, 0.6) is 0 Å². The van der Waals surface area contributed by atoms with Crippen molar-refractivity contribution in [3.63, 3.8) is 0 Å². The van der Waals surface area contributed by atoms with Crippen LogP contribution >= 0.6 is 0 Å². The summed E-state index contributed by atoms with van der Waals surface area (Å²) in [5, 5.41) is 10.9. The highest BCUT2D eigenvalue weighted by Crippen LogP contribution is 2.36. The number of nitro groups is 1. The molecule has 1 saturated heterocycles. The van der Waals surface area contributed by atoms with Gasteiger partial charge in [0.25, 0.3) is 5.69 Å². The fourth-order valence-electron chi connectivity index (χ4n) is 2.95. The Labute approximate surface area is 132 Å². The molecule has 8 heteroatoms. The van der Waals surface area contributed by atoms with Crippen LogP contribution in [0.3, 0.4) is 0 Å². The van der Waals surface area contributed by atoms with Gasteiger partial charge in [0.15, 0.2) is 0 Å². The number of benzene rings is 1. The van der Waals surface area contributed by atoms with E-state index in [1.165, 1.54) is 12.1 Å². The highest BCUT2D eigenvalue weighted by atomic mass is 19.4. The minimum atomic E-state index is -4.16. The van der Waals surface area contributed by atoms with Crippen molar-refractivity contribution in [2.24, 2.45) is 11.7 Å². The standard InChI is InChI=1S/C15H20F3N3O2/c1-10(19)8-11-9-13(21(22)23)2-3-14(11)20-6-4-12(5-7-20)15(16,17)18/h2-3,9-10,12H,4-8,19H2,1H3. The van der Waals surface area contributed by atoms with Crippen molar-refractivity contribution in [2.75, 3.05) is 18.0 Å². The molecule has 0 amide bonds. The molecule has 0 spiro atoms. The molecule has 1 aromatic rings. The average Bonchev–Trinajstić information content (AvgIpc) is 2.45. The molecule has 23 heavy (non-hydrogen) atoms. The van der Waals surface area contributed by atoms with Crippen molar-refractivity contribution in [3.8, 4) is 0 Å². The molecule has 0 bridgehead atoms. The molecule has 1 heterocycles. The first kappa shape index (κ1) is 17.5. The Hall–Kier alpha value is -1.83. The van der Waals surface area contributed by atoms with E-state index in [4.69, 9.17) is 5.73 Å². The summed E-state index contributed by atoms with van der Waals surface area (Å²) < 4.78 is 38.3. The van der Waals surface area contributed by atoms with Crippen molar-refractivity contribution in [3.05, 3.63) is 33.9 Å². The summed E-state index contributed by atoms with van der Waals surface area (Å²) in [4.78, 5) is 12.3. The van der Waals surface area contributed by atoms with Crippen LogP contribution in [0.1, 0.15) is 25.3 Å². The number of halogens is 3. The summed E-state index contributed by atoms with van der Waals surface area (Å²) >= 11 is 0. The lowest BCUT2D eigenvalue weighted by molar-refractivity contribution is -0.384. The topological polar surface area (TPSA) is 72.4 Å². The molecular weight excluding hydrogens is 311 g/mol. The summed E-state index contributed by atoms with van der Waals surface area (Å²) in [6, 6.07) is 4.28. The largest absolute Gasteiger partial charge is 0.391 e. The van der Waals surface area contributed by atoms with Crippen molar-refractivity contribution >= 4 is 11.4 Å². The van der Waals surface area contributed by atoms with Crippen molar-refractivity contribution in [1.82, 2.24) is 0 Å². The molecule has 1 atom stereocenters. The molecule has 1 unspecified atom stereocenters. The van der Waals surface area contributed by atoms with E-state index in [2.05, 4.69) is 0 Å². The summed E-state index contributed by atoms with van der Waals surface area (Å²) in [5.41, 5.74) is 7.21. The molecular formula is C15H20F3N3O2. The zero-order valence-corrected chi connectivity index (χ0v) is 12.8. The molecule has 0 aliphatic carbocycles. The van der Waals surface area contributed by atoms with Gasteiger partial charge in [0.05, 0.1) is 10.8 Å². The van der Waals surface area contributed by atoms with Gasteiger partial charge in [-0.1, -0.05) is 0 Å². The Morgan fingerprint density at radius 1 is 1.39 bits per heavy atom. The maximum Gasteiger partial charge on any atom is 0.391 e. The Morgan fingerprint density at radius 3 is 2.48 bits per heavy atom. The predicted octanol–water partition coefficient (Wildman–Crippen LogP) is 3.26. The van der Waals surface area contributed by atoms with E-state index in [9.17, 15) is 23.3 Å². The summed E-state index contributed by atoms with van der Waals surface area (Å²) in [7, 11) is 0. The van der Waals surface area contributed by atoms with E-state index in [-0.39, 0.29) is 37.7 Å². The minimum absolute atomic E-state index is 0.0328. The van der Waals surface area contributed by atoms with Crippen LogP contribution in [0.25, 0.3) is 0 Å². The highest BCUT2D eigenvalue weighted by molar-refractivity contribution is 5.58. The molecule has 0 saturated carbocycles. The first-order valence-corrected chi connectivity index (χ1v) is 7.53. The zero-order valence-electron chi connectivity index (χ0n) is 12.8. The number of piperidine rings is 1. The van der Waals surface area contributed by atoms with Gasteiger partial charge in [-0.25, -0.2) is 0 Å². The average molecular weight is 331 g/mol. The van der Waals surface area contributed by atoms with Gasteiger partial charge in [-0.05, 0) is 37.8 Å². The maximum atomic E-state index is 12.8. The van der Waals surface area contributed by atoms with Gasteiger partial charge in [-0.15, -0.1) is 0 Å². The lowest BCUT2D eigenvalue weighted by Gasteiger charge is -2.35. The third-order valence-electron chi connectivity index (χ3n) is 4.11. The van der Waals surface area contributed by atoms with E-state index in [1.807, 2.05) is 4.90 Å². The van der Waals surface area contributed by atoms with Gasteiger partial charge in [-0.3, -0.25) is 10.1 Å². The number of alkyl halides is 3. The van der Waals surface area contributed by atoms with Gasteiger partial charge >= 0.3 is 6.18 Å². The van der Waals surface area contributed by atoms with Crippen LogP contribution in [0.2, 0.25) is 0 Å².